The largest absolute Gasteiger partial charge is 0.447 e. The standard InChI is InChI=1S/C9H17NO2/c1-7(5-9(2,3)4)8(11)12-6-10/h1,5-6,10H2,2-4H3. The lowest BCUT2D eigenvalue weighted by atomic mass is 9.88. The number of hydrogen-bond donors (Lipinski definition) is 1. The van der Waals surface area contributed by atoms with Crippen molar-refractivity contribution >= 4 is 5.97 Å². The number of carbonyl (C=O) groups excluding carboxylic acids is 1. The molecule has 0 radical (unpaired) electrons. The van der Waals surface area contributed by atoms with Gasteiger partial charge in [-0.25, -0.2) is 4.79 Å². The zero-order valence-corrected chi connectivity index (χ0v) is 8.02. The van der Waals surface area contributed by atoms with E-state index in [4.69, 9.17) is 5.73 Å². The summed E-state index contributed by atoms with van der Waals surface area (Å²) in [6.07, 6.45) is 0.631. The van der Waals surface area contributed by atoms with E-state index in [0.29, 0.717) is 12.0 Å². The number of ether oxygens (including phenoxy) is 1. The van der Waals surface area contributed by atoms with Gasteiger partial charge in [-0.2, -0.15) is 0 Å². The third-order valence-electron chi connectivity index (χ3n) is 1.25. The zero-order valence-electron chi connectivity index (χ0n) is 8.02. The van der Waals surface area contributed by atoms with Gasteiger partial charge in [0.1, 0.15) is 6.73 Å². The lowest BCUT2D eigenvalue weighted by molar-refractivity contribution is -0.139. The third-order valence-corrected chi connectivity index (χ3v) is 1.25. The second-order valence-corrected chi connectivity index (χ2v) is 3.94. The van der Waals surface area contributed by atoms with Gasteiger partial charge in [-0.1, -0.05) is 27.4 Å². The fourth-order valence-electron chi connectivity index (χ4n) is 0.890. The van der Waals surface area contributed by atoms with Gasteiger partial charge in [0, 0.05) is 5.57 Å². The number of nitrogens with two attached hydrogens (primary N) is 1. The van der Waals surface area contributed by atoms with Crippen LogP contribution in [-0.4, -0.2) is 12.7 Å². The summed E-state index contributed by atoms with van der Waals surface area (Å²) in [6, 6.07) is 0. The first kappa shape index (κ1) is 11.2. The van der Waals surface area contributed by atoms with Crippen molar-refractivity contribution in [3.05, 3.63) is 12.2 Å². The molecule has 0 spiro atoms. The van der Waals surface area contributed by atoms with E-state index >= 15 is 0 Å². The van der Waals surface area contributed by atoms with Crippen molar-refractivity contribution in [1.82, 2.24) is 0 Å². The fourth-order valence-corrected chi connectivity index (χ4v) is 0.890. The monoisotopic (exact) mass is 171 g/mol. The van der Waals surface area contributed by atoms with Gasteiger partial charge in [0.2, 0.25) is 0 Å². The Balaban J connectivity index is 3.97. The molecule has 0 aromatic carbocycles. The first-order chi connectivity index (χ1) is 5.37. The summed E-state index contributed by atoms with van der Waals surface area (Å²) in [6.45, 7) is 9.65. The molecule has 0 aliphatic heterocycles. The number of esters is 1. The molecule has 12 heavy (non-hydrogen) atoms. The SMILES string of the molecule is C=C(CC(C)(C)C)C(=O)OCN. The van der Waals surface area contributed by atoms with Crippen LogP contribution in [0.2, 0.25) is 0 Å². The van der Waals surface area contributed by atoms with E-state index in [1.807, 2.05) is 20.8 Å². The van der Waals surface area contributed by atoms with Gasteiger partial charge in [-0.15, -0.1) is 0 Å². The maximum atomic E-state index is 11.0. The van der Waals surface area contributed by atoms with Crippen molar-refractivity contribution in [2.24, 2.45) is 11.1 Å². The Morgan fingerprint density at radius 1 is 1.50 bits per heavy atom. The highest BCUT2D eigenvalue weighted by atomic mass is 16.5. The van der Waals surface area contributed by atoms with Crippen LogP contribution in [0.25, 0.3) is 0 Å². The van der Waals surface area contributed by atoms with Gasteiger partial charge in [0.05, 0.1) is 0 Å². The molecule has 0 aliphatic rings. The minimum absolute atomic E-state index is 0.0602. The normalized spacial score (nSPS) is 11.0. The van der Waals surface area contributed by atoms with Crippen LogP contribution in [0.4, 0.5) is 0 Å². The Labute approximate surface area is 73.6 Å². The third kappa shape index (κ3) is 4.91. The molecule has 0 amide bonds. The molecule has 0 aliphatic carbocycles. The maximum Gasteiger partial charge on any atom is 0.334 e. The van der Waals surface area contributed by atoms with Gasteiger partial charge in [0.25, 0.3) is 0 Å². The Morgan fingerprint density at radius 3 is 2.33 bits per heavy atom. The maximum absolute atomic E-state index is 11.0. The molecule has 0 bridgehead atoms. The topological polar surface area (TPSA) is 52.3 Å². The molecule has 0 saturated carbocycles. The summed E-state index contributed by atoms with van der Waals surface area (Å²) in [5.74, 6) is -0.396. The molecular formula is C9H17NO2. The second kappa shape index (κ2) is 4.26. The predicted octanol–water partition coefficient (Wildman–Crippen LogP) is 1.44. The van der Waals surface area contributed by atoms with Crippen molar-refractivity contribution in [2.75, 3.05) is 6.73 Å². The van der Waals surface area contributed by atoms with Crippen LogP contribution in [0.1, 0.15) is 27.2 Å². The Hall–Kier alpha value is -0.830. The quantitative estimate of drug-likeness (QED) is 0.397. The number of hydrogen-bond acceptors (Lipinski definition) is 3. The van der Waals surface area contributed by atoms with Crippen molar-refractivity contribution in [1.29, 1.82) is 0 Å². The average Bonchev–Trinajstić information content (AvgIpc) is 1.84. The summed E-state index contributed by atoms with van der Waals surface area (Å²) >= 11 is 0. The molecule has 3 nitrogen and oxygen atoms in total. The van der Waals surface area contributed by atoms with Gasteiger partial charge < -0.3 is 4.74 Å². The summed E-state index contributed by atoms with van der Waals surface area (Å²) in [4.78, 5) is 11.0. The first-order valence-electron chi connectivity index (χ1n) is 3.92. The van der Waals surface area contributed by atoms with Crippen LogP contribution in [0.3, 0.4) is 0 Å². The highest BCUT2D eigenvalue weighted by Crippen LogP contribution is 2.23. The zero-order chi connectivity index (χ0) is 9.78. The Kier molecular flexibility index (Phi) is 3.96. The van der Waals surface area contributed by atoms with E-state index in [0.717, 1.165) is 0 Å². The van der Waals surface area contributed by atoms with Gasteiger partial charge in [0.15, 0.2) is 0 Å². The van der Waals surface area contributed by atoms with Crippen LogP contribution in [0.15, 0.2) is 12.2 Å². The highest BCUT2D eigenvalue weighted by Gasteiger charge is 2.17. The van der Waals surface area contributed by atoms with E-state index in [1.165, 1.54) is 0 Å². The van der Waals surface area contributed by atoms with E-state index in [2.05, 4.69) is 11.3 Å². The Bertz CT molecular complexity index is 179. The molecule has 0 aromatic heterocycles. The molecule has 70 valence electrons. The summed E-state index contributed by atoms with van der Waals surface area (Å²) in [5, 5.41) is 0. The summed E-state index contributed by atoms with van der Waals surface area (Å²) in [5.41, 5.74) is 5.59. The molecule has 0 fully saturated rings. The van der Waals surface area contributed by atoms with Gasteiger partial charge in [-0.05, 0) is 11.8 Å². The first-order valence-corrected chi connectivity index (χ1v) is 3.92. The van der Waals surface area contributed by atoms with E-state index < -0.39 is 5.97 Å². The highest BCUT2D eigenvalue weighted by molar-refractivity contribution is 5.87. The summed E-state index contributed by atoms with van der Waals surface area (Å²) < 4.78 is 4.59. The molecular weight excluding hydrogens is 154 g/mol. The molecule has 0 unspecified atom stereocenters. The van der Waals surface area contributed by atoms with Gasteiger partial charge >= 0.3 is 5.97 Å². The van der Waals surface area contributed by atoms with Gasteiger partial charge in [-0.3, -0.25) is 5.73 Å². The lowest BCUT2D eigenvalue weighted by Gasteiger charge is -2.18. The second-order valence-electron chi connectivity index (χ2n) is 3.94. The van der Waals surface area contributed by atoms with Crippen LogP contribution in [-0.2, 0) is 9.53 Å². The van der Waals surface area contributed by atoms with Crippen LogP contribution >= 0.6 is 0 Å². The molecule has 0 aromatic rings. The van der Waals surface area contributed by atoms with Crippen molar-refractivity contribution in [2.45, 2.75) is 27.2 Å². The molecule has 3 heteroatoms. The van der Waals surface area contributed by atoms with Crippen LogP contribution in [0, 0.1) is 5.41 Å². The molecule has 0 atom stereocenters. The molecule has 2 N–H and O–H groups in total. The average molecular weight is 171 g/mol. The van der Waals surface area contributed by atoms with Crippen molar-refractivity contribution < 1.29 is 9.53 Å². The van der Waals surface area contributed by atoms with Crippen molar-refractivity contribution in [3.8, 4) is 0 Å². The molecule has 0 rings (SSSR count). The Morgan fingerprint density at radius 2 is 2.00 bits per heavy atom. The smallest absolute Gasteiger partial charge is 0.334 e. The van der Waals surface area contributed by atoms with Crippen molar-refractivity contribution in [3.63, 3.8) is 0 Å². The summed E-state index contributed by atoms with van der Waals surface area (Å²) in [7, 11) is 0. The molecule has 0 saturated heterocycles. The van der Waals surface area contributed by atoms with E-state index in [-0.39, 0.29) is 12.1 Å². The van der Waals surface area contributed by atoms with Crippen LogP contribution < -0.4 is 5.73 Å². The minimum atomic E-state index is -0.396. The van der Waals surface area contributed by atoms with Crippen LogP contribution in [0.5, 0.6) is 0 Å². The lowest BCUT2D eigenvalue weighted by Crippen LogP contribution is -2.17. The number of rotatable bonds is 3. The molecule has 0 heterocycles. The van der Waals surface area contributed by atoms with E-state index in [9.17, 15) is 4.79 Å². The predicted molar refractivity (Wildman–Crippen MR) is 48.4 cm³/mol. The number of carbonyl (C=O) groups is 1. The van der Waals surface area contributed by atoms with E-state index in [1.54, 1.807) is 0 Å². The minimum Gasteiger partial charge on any atom is -0.447 e. The fraction of sp³-hybridized carbons (Fsp3) is 0.667.